The third-order valence-electron chi connectivity index (χ3n) is 3.85. The lowest BCUT2D eigenvalue weighted by molar-refractivity contribution is -0.142. The predicted molar refractivity (Wildman–Crippen MR) is 97.1 cm³/mol. The summed E-state index contributed by atoms with van der Waals surface area (Å²) in [4.78, 5) is 28.2. The summed E-state index contributed by atoms with van der Waals surface area (Å²) in [5.74, 6) is -0.874. The van der Waals surface area contributed by atoms with Gasteiger partial charge in [-0.3, -0.25) is 9.78 Å². The molecule has 0 radical (unpaired) electrons. The lowest BCUT2D eigenvalue weighted by Gasteiger charge is -2.17. The molecule has 26 heavy (non-hydrogen) atoms. The standard InChI is InChI=1S/C18H21BN2O5/c1-24-18(23)16(21-17(22)14-8-10-20-11-9-14)12-13-4-6-15(7-5-13)19(25-2)26-3/h4-11,16H,12H2,1-3H3,(H,21,22)/t16-/m1/s1. The Kier molecular flexibility index (Phi) is 7.31. The number of carbonyl (C=O) groups is 2. The average molecular weight is 356 g/mol. The van der Waals surface area contributed by atoms with Crippen LogP contribution in [0.25, 0.3) is 0 Å². The quantitative estimate of drug-likeness (QED) is 0.550. The minimum Gasteiger partial charge on any atom is -0.467 e. The number of hydrogen-bond acceptors (Lipinski definition) is 6. The Bertz CT molecular complexity index is 720. The van der Waals surface area contributed by atoms with Crippen molar-refractivity contribution in [1.29, 1.82) is 0 Å². The first-order valence-corrected chi connectivity index (χ1v) is 8.02. The van der Waals surface area contributed by atoms with E-state index in [0.29, 0.717) is 12.0 Å². The number of esters is 1. The average Bonchev–Trinajstić information content (AvgIpc) is 2.69. The molecule has 136 valence electrons. The molecule has 7 nitrogen and oxygen atoms in total. The molecular weight excluding hydrogens is 335 g/mol. The number of ether oxygens (including phenoxy) is 1. The number of aromatic nitrogens is 1. The smallest absolute Gasteiger partial charge is 0.467 e. The maximum atomic E-state index is 12.3. The van der Waals surface area contributed by atoms with Crippen LogP contribution in [0.3, 0.4) is 0 Å². The van der Waals surface area contributed by atoms with Crippen LogP contribution in [0, 0.1) is 0 Å². The van der Waals surface area contributed by atoms with E-state index in [-0.39, 0.29) is 5.91 Å². The van der Waals surface area contributed by atoms with E-state index >= 15 is 0 Å². The van der Waals surface area contributed by atoms with Crippen LogP contribution in [0.15, 0.2) is 48.8 Å². The number of benzene rings is 1. The van der Waals surface area contributed by atoms with E-state index in [1.807, 2.05) is 24.3 Å². The van der Waals surface area contributed by atoms with Crippen LogP contribution >= 0.6 is 0 Å². The number of rotatable bonds is 8. The van der Waals surface area contributed by atoms with E-state index in [0.717, 1.165) is 11.0 Å². The van der Waals surface area contributed by atoms with Crippen molar-refractivity contribution in [3.05, 3.63) is 59.9 Å². The number of nitrogens with zero attached hydrogens (tertiary/aromatic N) is 1. The van der Waals surface area contributed by atoms with Gasteiger partial charge in [-0.2, -0.15) is 0 Å². The molecule has 1 atom stereocenters. The maximum absolute atomic E-state index is 12.3. The third-order valence-corrected chi connectivity index (χ3v) is 3.85. The van der Waals surface area contributed by atoms with Crippen molar-refractivity contribution in [2.75, 3.05) is 21.3 Å². The largest absolute Gasteiger partial charge is 0.493 e. The first kappa shape index (κ1) is 19.6. The summed E-state index contributed by atoms with van der Waals surface area (Å²) >= 11 is 0. The second-order valence-electron chi connectivity index (χ2n) is 5.53. The van der Waals surface area contributed by atoms with Crippen molar-refractivity contribution in [3.8, 4) is 0 Å². The summed E-state index contributed by atoms with van der Waals surface area (Å²) in [5, 5.41) is 2.70. The van der Waals surface area contributed by atoms with Gasteiger partial charge in [0.25, 0.3) is 5.91 Å². The van der Waals surface area contributed by atoms with Gasteiger partial charge < -0.3 is 19.4 Å². The maximum Gasteiger partial charge on any atom is 0.493 e. The summed E-state index contributed by atoms with van der Waals surface area (Å²) in [6.45, 7) is 0. The van der Waals surface area contributed by atoms with Crippen molar-refractivity contribution >= 4 is 24.5 Å². The molecule has 0 saturated heterocycles. The number of methoxy groups -OCH3 is 1. The van der Waals surface area contributed by atoms with E-state index in [4.69, 9.17) is 14.0 Å². The van der Waals surface area contributed by atoms with Gasteiger partial charge in [0.1, 0.15) is 6.04 Å². The first-order valence-electron chi connectivity index (χ1n) is 8.02. The van der Waals surface area contributed by atoms with Crippen molar-refractivity contribution in [2.24, 2.45) is 0 Å². The van der Waals surface area contributed by atoms with Crippen molar-refractivity contribution in [1.82, 2.24) is 10.3 Å². The SMILES string of the molecule is COB(OC)c1ccc(C[C@@H](NC(=O)c2ccncc2)C(=O)OC)cc1. The van der Waals surface area contributed by atoms with Crippen LogP contribution in [0.2, 0.25) is 0 Å². The lowest BCUT2D eigenvalue weighted by atomic mass is 9.78. The number of hydrogen-bond donors (Lipinski definition) is 1. The Balaban J connectivity index is 2.10. The highest BCUT2D eigenvalue weighted by Crippen LogP contribution is 2.06. The zero-order valence-electron chi connectivity index (χ0n) is 15.0. The molecular formula is C18H21BN2O5. The molecule has 0 bridgehead atoms. The highest BCUT2D eigenvalue weighted by molar-refractivity contribution is 6.61. The summed E-state index contributed by atoms with van der Waals surface area (Å²) < 4.78 is 15.2. The van der Waals surface area contributed by atoms with Gasteiger partial charge in [-0.25, -0.2) is 4.79 Å². The molecule has 1 N–H and O–H groups in total. The molecule has 2 rings (SSSR count). The van der Waals surface area contributed by atoms with Gasteiger partial charge in [0.15, 0.2) is 0 Å². The Morgan fingerprint density at radius 1 is 1.04 bits per heavy atom. The van der Waals surface area contributed by atoms with Crippen LogP contribution in [0.4, 0.5) is 0 Å². The zero-order valence-corrected chi connectivity index (χ0v) is 15.0. The summed E-state index contributed by atoms with van der Waals surface area (Å²) in [6, 6.07) is 9.77. The van der Waals surface area contributed by atoms with E-state index in [2.05, 4.69) is 10.3 Å². The molecule has 0 spiro atoms. The monoisotopic (exact) mass is 356 g/mol. The summed E-state index contributed by atoms with van der Waals surface area (Å²) in [6.07, 6.45) is 3.33. The highest BCUT2D eigenvalue weighted by Gasteiger charge is 2.23. The molecule has 1 aromatic heterocycles. The molecule has 1 heterocycles. The molecule has 1 amide bonds. The number of carbonyl (C=O) groups excluding carboxylic acids is 2. The van der Waals surface area contributed by atoms with Gasteiger partial charge in [0.05, 0.1) is 7.11 Å². The predicted octanol–water partition coefficient (Wildman–Crippen LogP) is 0.584. The molecule has 2 aromatic rings. The summed E-state index contributed by atoms with van der Waals surface area (Å²) in [7, 11) is 3.96. The van der Waals surface area contributed by atoms with E-state index < -0.39 is 19.1 Å². The molecule has 0 aliphatic heterocycles. The Hall–Kier alpha value is -2.71. The normalized spacial score (nSPS) is 11.5. The van der Waals surface area contributed by atoms with Gasteiger partial charge in [0.2, 0.25) is 0 Å². The second kappa shape index (κ2) is 9.69. The van der Waals surface area contributed by atoms with Gasteiger partial charge in [0, 0.05) is 38.6 Å². The minimum absolute atomic E-state index is 0.300. The van der Waals surface area contributed by atoms with Crippen LogP contribution in [-0.4, -0.2) is 51.4 Å². The van der Waals surface area contributed by atoms with Gasteiger partial charge in [-0.05, 0) is 23.2 Å². The molecule has 0 unspecified atom stereocenters. The molecule has 0 saturated carbocycles. The van der Waals surface area contributed by atoms with E-state index in [1.54, 1.807) is 26.4 Å². The third kappa shape index (κ3) is 5.14. The van der Waals surface area contributed by atoms with Crippen molar-refractivity contribution < 1.29 is 23.6 Å². The molecule has 0 fully saturated rings. The topological polar surface area (TPSA) is 86.8 Å². The Labute approximate surface area is 152 Å². The zero-order chi connectivity index (χ0) is 18.9. The molecule has 0 aliphatic rings. The van der Waals surface area contributed by atoms with Crippen molar-refractivity contribution in [2.45, 2.75) is 12.5 Å². The highest BCUT2D eigenvalue weighted by atomic mass is 16.6. The number of amides is 1. The van der Waals surface area contributed by atoms with Crippen LogP contribution in [-0.2, 0) is 25.3 Å². The molecule has 8 heteroatoms. The fraction of sp³-hybridized carbons (Fsp3) is 0.278. The first-order chi connectivity index (χ1) is 12.6. The lowest BCUT2D eigenvalue weighted by Crippen LogP contribution is -2.43. The van der Waals surface area contributed by atoms with Crippen molar-refractivity contribution in [3.63, 3.8) is 0 Å². The fourth-order valence-electron chi connectivity index (χ4n) is 2.50. The van der Waals surface area contributed by atoms with Gasteiger partial charge in [-0.15, -0.1) is 0 Å². The Morgan fingerprint density at radius 3 is 2.19 bits per heavy atom. The molecule has 0 aliphatic carbocycles. The van der Waals surface area contributed by atoms with Crippen LogP contribution in [0.5, 0.6) is 0 Å². The summed E-state index contributed by atoms with van der Waals surface area (Å²) in [5.41, 5.74) is 2.15. The minimum atomic E-state index is -0.799. The van der Waals surface area contributed by atoms with E-state index in [1.165, 1.54) is 19.5 Å². The van der Waals surface area contributed by atoms with E-state index in [9.17, 15) is 9.59 Å². The number of pyridine rings is 1. The number of nitrogens with one attached hydrogen (secondary N) is 1. The van der Waals surface area contributed by atoms with Crippen LogP contribution < -0.4 is 10.8 Å². The molecule has 1 aromatic carbocycles. The van der Waals surface area contributed by atoms with Crippen LogP contribution in [0.1, 0.15) is 15.9 Å². The second-order valence-corrected chi connectivity index (χ2v) is 5.53. The fourth-order valence-corrected chi connectivity index (χ4v) is 2.50. The van der Waals surface area contributed by atoms with Gasteiger partial charge in [-0.1, -0.05) is 24.3 Å². The van der Waals surface area contributed by atoms with Gasteiger partial charge >= 0.3 is 13.1 Å². The Morgan fingerprint density at radius 2 is 1.65 bits per heavy atom.